The Hall–Kier alpha value is -0.400. The average molecular weight is 336 g/mol. The highest BCUT2D eigenvalue weighted by molar-refractivity contribution is 9.09. The normalized spacial score (nSPS) is 19.8. The molecule has 1 aromatic rings. The molecule has 0 amide bonds. The van der Waals surface area contributed by atoms with Crippen LogP contribution in [0.2, 0.25) is 0 Å². The average Bonchev–Trinajstić information content (AvgIpc) is 2.92. The first kappa shape index (κ1) is 14.0. The Bertz CT molecular complexity index is 466. The van der Waals surface area contributed by atoms with E-state index in [-0.39, 0.29) is 10.3 Å². The smallest absolute Gasteiger partial charge is 0.243 e. The number of hydrogen-bond donors (Lipinski definition) is 2. The van der Waals surface area contributed by atoms with Gasteiger partial charge in [-0.1, -0.05) is 35.2 Å². The molecule has 0 saturated heterocycles. The second kappa shape index (κ2) is 5.71. The zero-order chi connectivity index (χ0) is 13.1. The molecule has 0 aliphatic heterocycles. The Labute approximate surface area is 116 Å². The maximum absolute atomic E-state index is 12.0. The minimum absolute atomic E-state index is 0.0645. The first-order valence-electron chi connectivity index (χ1n) is 6.12. The van der Waals surface area contributed by atoms with Crippen LogP contribution in [-0.4, -0.2) is 30.5 Å². The van der Waals surface area contributed by atoms with Crippen molar-refractivity contribution in [1.29, 1.82) is 0 Å². The van der Waals surface area contributed by atoms with Gasteiger partial charge in [0.2, 0.25) is 10.0 Å². The molecule has 2 rings (SSSR count). The second-order valence-corrected chi connectivity index (χ2v) is 7.28. The van der Waals surface area contributed by atoms with Crippen LogP contribution in [0.5, 0.6) is 0 Å². The SMILES string of the molecule is O=S(=O)(NCC1(CBr)CCCCC1)c1cn[nH]c1. The lowest BCUT2D eigenvalue weighted by Crippen LogP contribution is -2.40. The molecular formula is C11H18BrN3O2S. The van der Waals surface area contributed by atoms with Gasteiger partial charge in [0.25, 0.3) is 0 Å². The molecule has 2 N–H and O–H groups in total. The topological polar surface area (TPSA) is 74.8 Å². The van der Waals surface area contributed by atoms with Crippen LogP contribution >= 0.6 is 15.9 Å². The number of hydrogen-bond acceptors (Lipinski definition) is 3. The molecule has 5 nitrogen and oxygen atoms in total. The number of aromatic amines is 1. The van der Waals surface area contributed by atoms with Gasteiger partial charge in [0.1, 0.15) is 4.90 Å². The molecule has 1 fully saturated rings. The van der Waals surface area contributed by atoms with Crippen LogP contribution in [0.15, 0.2) is 17.3 Å². The van der Waals surface area contributed by atoms with Gasteiger partial charge < -0.3 is 0 Å². The van der Waals surface area contributed by atoms with Crippen LogP contribution in [0.1, 0.15) is 32.1 Å². The Morgan fingerprint density at radius 1 is 1.39 bits per heavy atom. The minimum Gasteiger partial charge on any atom is -0.284 e. The van der Waals surface area contributed by atoms with E-state index < -0.39 is 10.0 Å². The molecule has 0 radical (unpaired) electrons. The molecule has 7 heteroatoms. The van der Waals surface area contributed by atoms with Crippen molar-refractivity contribution in [3.8, 4) is 0 Å². The first-order chi connectivity index (χ1) is 8.58. The molecule has 0 bridgehead atoms. The summed E-state index contributed by atoms with van der Waals surface area (Å²) in [4.78, 5) is 0.197. The summed E-state index contributed by atoms with van der Waals surface area (Å²) in [7, 11) is -3.43. The van der Waals surface area contributed by atoms with E-state index in [4.69, 9.17) is 0 Å². The number of nitrogens with zero attached hydrogens (tertiary/aromatic N) is 1. The maximum atomic E-state index is 12.0. The summed E-state index contributed by atoms with van der Waals surface area (Å²) in [5.74, 6) is 0. The Balaban J connectivity index is 2.02. The molecular weight excluding hydrogens is 318 g/mol. The Kier molecular flexibility index (Phi) is 4.45. The van der Waals surface area contributed by atoms with Crippen molar-refractivity contribution in [2.45, 2.75) is 37.0 Å². The van der Waals surface area contributed by atoms with Gasteiger partial charge in [0.05, 0.1) is 6.20 Å². The van der Waals surface area contributed by atoms with Crippen LogP contribution in [0.25, 0.3) is 0 Å². The van der Waals surface area contributed by atoms with E-state index >= 15 is 0 Å². The lowest BCUT2D eigenvalue weighted by Gasteiger charge is -2.35. The molecule has 1 aliphatic carbocycles. The number of alkyl halides is 1. The second-order valence-electron chi connectivity index (χ2n) is 4.95. The van der Waals surface area contributed by atoms with Gasteiger partial charge in [-0.2, -0.15) is 5.10 Å². The van der Waals surface area contributed by atoms with Gasteiger partial charge in [-0.25, -0.2) is 13.1 Å². The van der Waals surface area contributed by atoms with E-state index in [1.165, 1.54) is 31.7 Å². The third kappa shape index (κ3) is 3.13. The first-order valence-corrected chi connectivity index (χ1v) is 8.73. The van der Waals surface area contributed by atoms with Crippen LogP contribution < -0.4 is 4.72 Å². The number of rotatable bonds is 5. The van der Waals surface area contributed by atoms with Crippen LogP contribution in [0, 0.1) is 5.41 Å². The third-order valence-corrected chi connectivity index (χ3v) is 6.18. The molecule has 18 heavy (non-hydrogen) atoms. The van der Waals surface area contributed by atoms with Crippen LogP contribution in [0.4, 0.5) is 0 Å². The molecule has 0 atom stereocenters. The lowest BCUT2D eigenvalue weighted by atomic mass is 9.76. The fraction of sp³-hybridized carbons (Fsp3) is 0.727. The third-order valence-electron chi connectivity index (χ3n) is 3.62. The zero-order valence-corrected chi connectivity index (χ0v) is 12.6. The van der Waals surface area contributed by atoms with E-state index in [1.54, 1.807) is 0 Å². The summed E-state index contributed by atoms with van der Waals surface area (Å²) in [5, 5.41) is 7.03. The van der Waals surface area contributed by atoms with Gasteiger partial charge in [0.15, 0.2) is 0 Å². The predicted octanol–water partition coefficient (Wildman–Crippen LogP) is 2.03. The maximum Gasteiger partial charge on any atom is 0.243 e. The monoisotopic (exact) mass is 335 g/mol. The number of aromatic nitrogens is 2. The highest BCUT2D eigenvalue weighted by Crippen LogP contribution is 2.37. The zero-order valence-electron chi connectivity index (χ0n) is 10.2. The van der Waals surface area contributed by atoms with E-state index in [2.05, 4.69) is 30.8 Å². The van der Waals surface area contributed by atoms with Crippen molar-refractivity contribution in [2.24, 2.45) is 5.41 Å². The minimum atomic E-state index is -3.43. The Morgan fingerprint density at radius 3 is 2.67 bits per heavy atom. The summed E-state index contributed by atoms with van der Waals surface area (Å²) in [6.45, 7) is 0.492. The fourth-order valence-corrected chi connectivity index (χ4v) is 4.20. The highest BCUT2D eigenvalue weighted by atomic mass is 79.9. The van der Waals surface area contributed by atoms with E-state index in [0.717, 1.165) is 18.2 Å². The van der Waals surface area contributed by atoms with Crippen molar-refractivity contribution >= 4 is 26.0 Å². The van der Waals surface area contributed by atoms with Crippen LogP contribution in [0.3, 0.4) is 0 Å². The summed E-state index contributed by atoms with van der Waals surface area (Å²) in [5.41, 5.74) is 0.0645. The molecule has 1 aliphatic rings. The predicted molar refractivity (Wildman–Crippen MR) is 73.1 cm³/mol. The van der Waals surface area contributed by atoms with E-state index in [1.807, 2.05) is 0 Å². The van der Waals surface area contributed by atoms with Crippen molar-refractivity contribution in [2.75, 3.05) is 11.9 Å². The molecule has 1 aromatic heterocycles. The largest absolute Gasteiger partial charge is 0.284 e. The van der Waals surface area contributed by atoms with Crippen molar-refractivity contribution in [3.63, 3.8) is 0 Å². The molecule has 0 unspecified atom stereocenters. The summed E-state index contributed by atoms with van der Waals surface area (Å²) >= 11 is 3.53. The van der Waals surface area contributed by atoms with Crippen LogP contribution in [-0.2, 0) is 10.0 Å². The van der Waals surface area contributed by atoms with Gasteiger partial charge in [-0.15, -0.1) is 0 Å². The van der Waals surface area contributed by atoms with E-state index in [0.29, 0.717) is 6.54 Å². The Morgan fingerprint density at radius 2 is 2.11 bits per heavy atom. The van der Waals surface area contributed by atoms with Gasteiger partial charge in [-0.3, -0.25) is 5.10 Å². The van der Waals surface area contributed by atoms with Gasteiger partial charge in [-0.05, 0) is 18.3 Å². The molecule has 1 saturated carbocycles. The van der Waals surface area contributed by atoms with E-state index in [9.17, 15) is 8.42 Å². The highest BCUT2D eigenvalue weighted by Gasteiger charge is 2.32. The van der Waals surface area contributed by atoms with Gasteiger partial charge >= 0.3 is 0 Å². The van der Waals surface area contributed by atoms with Crippen molar-refractivity contribution < 1.29 is 8.42 Å². The lowest BCUT2D eigenvalue weighted by molar-refractivity contribution is 0.227. The number of H-pyrrole nitrogens is 1. The summed E-state index contributed by atoms with van der Waals surface area (Å²) in [6, 6.07) is 0. The summed E-state index contributed by atoms with van der Waals surface area (Å²) in [6.07, 6.45) is 8.48. The molecule has 1 heterocycles. The van der Waals surface area contributed by atoms with Gasteiger partial charge in [0, 0.05) is 18.1 Å². The molecule has 0 aromatic carbocycles. The van der Waals surface area contributed by atoms with Crippen molar-refractivity contribution in [3.05, 3.63) is 12.4 Å². The number of nitrogens with one attached hydrogen (secondary N) is 2. The molecule has 102 valence electrons. The summed E-state index contributed by atoms with van der Waals surface area (Å²) < 4.78 is 26.7. The quantitative estimate of drug-likeness (QED) is 0.808. The standard InChI is InChI=1S/C11H18BrN3O2S/c12-8-11(4-2-1-3-5-11)9-15-18(16,17)10-6-13-14-7-10/h6-7,15H,1-5,8-9H2,(H,13,14). The molecule has 0 spiro atoms. The number of sulfonamides is 1. The number of halogens is 1. The fourth-order valence-electron chi connectivity index (χ4n) is 2.38. The van der Waals surface area contributed by atoms with Crippen molar-refractivity contribution in [1.82, 2.24) is 14.9 Å².